The number of hydrogen-bond donors (Lipinski definition) is 2. The number of nitrogens with two attached hydrogens (primary N) is 1. The average molecular weight is 324 g/mol. The van der Waals surface area contributed by atoms with Crippen LogP contribution in [0.1, 0.15) is 38.2 Å². The third-order valence-corrected chi connectivity index (χ3v) is 4.97. The van der Waals surface area contributed by atoms with E-state index in [4.69, 9.17) is 15.1 Å². The summed E-state index contributed by atoms with van der Waals surface area (Å²) in [5.74, 6) is 0.678. The minimum atomic E-state index is -3.84. The fourth-order valence-electron chi connectivity index (χ4n) is 2.57. The average Bonchev–Trinajstić information content (AvgIpc) is 2.45. The van der Waals surface area contributed by atoms with Gasteiger partial charge in [-0.15, -0.1) is 0 Å². The van der Waals surface area contributed by atoms with E-state index in [1.807, 2.05) is 13.0 Å². The van der Waals surface area contributed by atoms with Gasteiger partial charge >= 0.3 is 0 Å². The first-order chi connectivity index (χ1) is 10.2. The zero-order valence-electron chi connectivity index (χ0n) is 12.4. The highest BCUT2D eigenvalue weighted by atomic mass is 32.2. The minimum absolute atomic E-state index is 0.106. The largest absolute Gasteiger partial charge is 0.492 e. The SMILES string of the molecule is CC1(O)CCC(COc2ccc(S(N)(=O)=O)cc2C#N)CC1. The van der Waals surface area contributed by atoms with Gasteiger partial charge in [0.25, 0.3) is 0 Å². The van der Waals surface area contributed by atoms with Crippen molar-refractivity contribution in [2.24, 2.45) is 11.1 Å². The molecule has 6 nitrogen and oxygen atoms in total. The van der Waals surface area contributed by atoms with Gasteiger partial charge < -0.3 is 9.84 Å². The van der Waals surface area contributed by atoms with Gasteiger partial charge in [-0.25, -0.2) is 13.6 Å². The predicted molar refractivity (Wildman–Crippen MR) is 80.6 cm³/mol. The number of benzene rings is 1. The van der Waals surface area contributed by atoms with Gasteiger partial charge in [0.1, 0.15) is 11.8 Å². The summed E-state index contributed by atoms with van der Waals surface area (Å²) in [5, 5.41) is 24.1. The third-order valence-electron chi connectivity index (χ3n) is 4.06. The first-order valence-electron chi connectivity index (χ1n) is 7.13. The Morgan fingerprint density at radius 3 is 2.64 bits per heavy atom. The second-order valence-corrected chi connectivity index (χ2v) is 7.63. The van der Waals surface area contributed by atoms with Gasteiger partial charge in [-0.05, 0) is 56.7 Å². The van der Waals surface area contributed by atoms with Crippen LogP contribution < -0.4 is 9.88 Å². The molecule has 0 radical (unpaired) electrons. The monoisotopic (exact) mass is 324 g/mol. The summed E-state index contributed by atoms with van der Waals surface area (Å²) in [4.78, 5) is -0.106. The molecule has 0 aliphatic heterocycles. The summed E-state index contributed by atoms with van der Waals surface area (Å²) in [5.41, 5.74) is -0.444. The number of ether oxygens (including phenoxy) is 1. The molecule has 0 spiro atoms. The van der Waals surface area contributed by atoms with E-state index in [9.17, 15) is 13.5 Å². The van der Waals surface area contributed by atoms with Gasteiger partial charge in [0.15, 0.2) is 0 Å². The molecule has 2 rings (SSSR count). The molecule has 1 aliphatic carbocycles. The van der Waals surface area contributed by atoms with Crippen molar-refractivity contribution in [1.29, 1.82) is 5.26 Å². The molecule has 1 aliphatic rings. The predicted octanol–water partition coefficient (Wildman–Crippen LogP) is 1.53. The Hall–Kier alpha value is -1.62. The van der Waals surface area contributed by atoms with E-state index in [2.05, 4.69) is 0 Å². The van der Waals surface area contributed by atoms with Crippen LogP contribution >= 0.6 is 0 Å². The fraction of sp³-hybridized carbons (Fsp3) is 0.533. The van der Waals surface area contributed by atoms with E-state index >= 15 is 0 Å². The molecule has 0 bridgehead atoms. The van der Waals surface area contributed by atoms with Gasteiger partial charge in [-0.1, -0.05) is 0 Å². The first kappa shape index (κ1) is 16.7. The number of hydrogen-bond acceptors (Lipinski definition) is 5. The van der Waals surface area contributed by atoms with Crippen LogP contribution in [0.5, 0.6) is 5.75 Å². The Kier molecular flexibility index (Phi) is 4.75. The van der Waals surface area contributed by atoms with Crippen LogP contribution in [0, 0.1) is 17.2 Å². The van der Waals surface area contributed by atoms with Crippen molar-refractivity contribution in [2.45, 2.75) is 43.1 Å². The van der Waals surface area contributed by atoms with Crippen LogP contribution in [0.25, 0.3) is 0 Å². The number of sulfonamides is 1. The molecule has 22 heavy (non-hydrogen) atoms. The molecule has 120 valence electrons. The maximum atomic E-state index is 11.3. The highest BCUT2D eigenvalue weighted by molar-refractivity contribution is 7.89. The smallest absolute Gasteiger partial charge is 0.238 e. The van der Waals surface area contributed by atoms with Crippen LogP contribution in [-0.2, 0) is 10.0 Å². The summed E-state index contributed by atoms with van der Waals surface area (Å²) in [6.45, 7) is 2.28. The van der Waals surface area contributed by atoms with E-state index in [0.29, 0.717) is 18.3 Å². The highest BCUT2D eigenvalue weighted by Gasteiger charge is 2.29. The van der Waals surface area contributed by atoms with Crippen molar-refractivity contribution in [3.8, 4) is 11.8 Å². The van der Waals surface area contributed by atoms with Crippen molar-refractivity contribution < 1.29 is 18.3 Å². The van der Waals surface area contributed by atoms with E-state index in [0.717, 1.165) is 25.7 Å². The number of primary sulfonamides is 1. The van der Waals surface area contributed by atoms with Crippen LogP contribution in [0.2, 0.25) is 0 Å². The van der Waals surface area contributed by atoms with Gasteiger partial charge in [-0.2, -0.15) is 5.26 Å². The van der Waals surface area contributed by atoms with E-state index in [-0.39, 0.29) is 10.5 Å². The Morgan fingerprint density at radius 1 is 1.45 bits per heavy atom. The molecule has 3 N–H and O–H groups in total. The lowest BCUT2D eigenvalue weighted by Crippen LogP contribution is -2.32. The van der Waals surface area contributed by atoms with E-state index in [1.54, 1.807) is 0 Å². The molecule has 0 atom stereocenters. The molecule has 0 unspecified atom stereocenters. The second-order valence-electron chi connectivity index (χ2n) is 6.07. The molecular formula is C15H20N2O4S. The summed E-state index contributed by atoms with van der Waals surface area (Å²) in [7, 11) is -3.84. The van der Waals surface area contributed by atoms with Gasteiger partial charge in [-0.3, -0.25) is 0 Å². The molecular weight excluding hydrogens is 304 g/mol. The lowest BCUT2D eigenvalue weighted by atomic mass is 9.80. The standard InChI is InChI=1S/C15H20N2O4S/c1-15(18)6-4-11(5-7-15)10-21-14-3-2-13(22(17,19)20)8-12(14)9-16/h2-3,8,11,18H,4-7,10H2,1H3,(H2,17,19,20). The number of nitrogens with zero attached hydrogens (tertiary/aromatic N) is 1. The fourth-order valence-corrected chi connectivity index (χ4v) is 3.11. The van der Waals surface area contributed by atoms with Crippen LogP contribution in [0.4, 0.5) is 0 Å². The van der Waals surface area contributed by atoms with Crippen LogP contribution in [0.3, 0.4) is 0 Å². The van der Waals surface area contributed by atoms with Gasteiger partial charge in [0, 0.05) is 0 Å². The molecule has 1 aromatic carbocycles. The molecule has 0 amide bonds. The van der Waals surface area contributed by atoms with Crippen molar-refractivity contribution in [3.63, 3.8) is 0 Å². The Balaban J connectivity index is 2.03. The van der Waals surface area contributed by atoms with E-state index in [1.165, 1.54) is 18.2 Å². The molecule has 7 heteroatoms. The van der Waals surface area contributed by atoms with Crippen molar-refractivity contribution in [2.75, 3.05) is 6.61 Å². The maximum Gasteiger partial charge on any atom is 0.238 e. The minimum Gasteiger partial charge on any atom is -0.492 e. The highest BCUT2D eigenvalue weighted by Crippen LogP contribution is 2.32. The summed E-state index contributed by atoms with van der Waals surface area (Å²) >= 11 is 0. The maximum absolute atomic E-state index is 11.3. The summed E-state index contributed by atoms with van der Waals surface area (Å²) < 4.78 is 28.2. The van der Waals surface area contributed by atoms with Crippen LogP contribution in [-0.4, -0.2) is 25.7 Å². The summed E-state index contributed by atoms with van der Waals surface area (Å²) in [6, 6.07) is 5.93. The number of rotatable bonds is 4. The number of aliphatic hydroxyl groups is 1. The Morgan fingerprint density at radius 2 is 2.09 bits per heavy atom. The number of nitriles is 1. The molecule has 0 saturated heterocycles. The van der Waals surface area contributed by atoms with Crippen molar-refractivity contribution in [1.82, 2.24) is 0 Å². The van der Waals surface area contributed by atoms with E-state index < -0.39 is 15.6 Å². The second kappa shape index (κ2) is 6.24. The zero-order valence-corrected chi connectivity index (χ0v) is 13.3. The lowest BCUT2D eigenvalue weighted by molar-refractivity contribution is 0.00151. The topological polar surface area (TPSA) is 113 Å². The van der Waals surface area contributed by atoms with Crippen LogP contribution in [0.15, 0.2) is 23.1 Å². The first-order valence-corrected chi connectivity index (χ1v) is 8.68. The van der Waals surface area contributed by atoms with Crippen molar-refractivity contribution in [3.05, 3.63) is 23.8 Å². The quantitative estimate of drug-likeness (QED) is 0.872. The molecule has 1 saturated carbocycles. The molecule has 0 aromatic heterocycles. The molecule has 1 fully saturated rings. The third kappa shape index (κ3) is 4.19. The van der Waals surface area contributed by atoms with Crippen molar-refractivity contribution >= 4 is 10.0 Å². The zero-order chi connectivity index (χ0) is 16.4. The summed E-state index contributed by atoms with van der Waals surface area (Å²) in [6.07, 6.45) is 3.20. The van der Waals surface area contributed by atoms with Gasteiger partial charge in [0.05, 0.1) is 22.7 Å². The normalized spacial score (nSPS) is 25.5. The Bertz CT molecular complexity index is 682. The molecule has 0 heterocycles. The Labute approximate surface area is 130 Å². The van der Waals surface area contributed by atoms with Gasteiger partial charge in [0.2, 0.25) is 10.0 Å². The lowest BCUT2D eigenvalue weighted by Gasteiger charge is -2.32. The molecule has 1 aromatic rings.